The fourth-order valence-electron chi connectivity index (χ4n) is 1.65. The minimum Gasteiger partial charge on any atom is -0.479 e. The Morgan fingerprint density at radius 3 is 1.74 bits per heavy atom. The zero-order valence-corrected chi connectivity index (χ0v) is 18.1. The van der Waals surface area contributed by atoms with E-state index in [-0.39, 0.29) is 4.06 Å². The average Bonchev–Trinajstić information content (AvgIpc) is 3.02. The van der Waals surface area contributed by atoms with Crippen LogP contribution in [0.1, 0.15) is 23.6 Å². The first kappa shape index (κ1) is 19.6. The lowest BCUT2D eigenvalue weighted by molar-refractivity contribution is 0.346. The third kappa shape index (κ3) is 5.65. The number of hydrogen-bond donors (Lipinski definition) is 0. The lowest BCUT2D eigenvalue weighted by Gasteiger charge is -2.03. The third-order valence-corrected chi connectivity index (χ3v) is 9.10. The largest absolute Gasteiger partial charge is 0.479 e. The van der Waals surface area contributed by atoms with Crippen molar-refractivity contribution >= 4 is 100 Å². The van der Waals surface area contributed by atoms with Crippen LogP contribution in [0.5, 0.6) is 0 Å². The van der Waals surface area contributed by atoms with Gasteiger partial charge in [-0.25, -0.2) is 0 Å². The Hall–Kier alpha value is 0.290. The lowest BCUT2D eigenvalue weighted by Crippen LogP contribution is -1.95. The topological polar surface area (TPSA) is 35.5 Å². The van der Waals surface area contributed by atoms with Crippen molar-refractivity contribution < 1.29 is 9.47 Å². The maximum atomic E-state index is 11.8. The van der Waals surface area contributed by atoms with Crippen molar-refractivity contribution in [1.29, 1.82) is 0 Å². The van der Waals surface area contributed by atoms with Crippen molar-refractivity contribution in [2.45, 2.75) is 25.4 Å². The van der Waals surface area contributed by atoms with Crippen molar-refractivity contribution in [3.63, 3.8) is 0 Å². The molecule has 2 heterocycles. The average molecular weight is 443 g/mol. The first-order valence-corrected chi connectivity index (χ1v) is 11.9. The van der Waals surface area contributed by atoms with E-state index in [0.717, 1.165) is 20.9 Å². The number of thiophene rings is 1. The van der Waals surface area contributed by atoms with Crippen LogP contribution in [0.25, 0.3) is 9.40 Å². The number of thioether (sulfide) groups is 2. The zero-order valence-electron chi connectivity index (χ0n) is 12.4. The summed E-state index contributed by atoms with van der Waals surface area (Å²) in [6, 6.07) is 0. The molecule has 0 aliphatic carbocycles. The fourth-order valence-corrected chi connectivity index (χ4v) is 7.80. The monoisotopic (exact) mass is 442 g/mol. The standard InChI is InChI=1S/C13H14O3S7/c1-3-15-12(17)19-5-7-9-10(23-11(14)22-9)8(21-7)6-20-13(18)16-4-2/h3-6H2,1-2H3. The summed E-state index contributed by atoms with van der Waals surface area (Å²) in [5, 5.41) is 0. The highest BCUT2D eigenvalue weighted by Gasteiger charge is 2.17. The van der Waals surface area contributed by atoms with E-state index in [1.54, 1.807) is 11.3 Å². The summed E-state index contributed by atoms with van der Waals surface area (Å²) >= 11 is 17.6. The van der Waals surface area contributed by atoms with E-state index < -0.39 is 0 Å². The molecule has 0 amide bonds. The molecule has 0 atom stereocenters. The molecule has 0 bridgehead atoms. The zero-order chi connectivity index (χ0) is 16.8. The van der Waals surface area contributed by atoms with Gasteiger partial charge >= 0.3 is 0 Å². The molecule has 2 aromatic rings. The van der Waals surface area contributed by atoms with E-state index in [4.69, 9.17) is 33.9 Å². The summed E-state index contributed by atoms with van der Waals surface area (Å²) in [5.74, 6) is 1.46. The third-order valence-electron chi connectivity index (χ3n) is 2.50. The molecule has 0 aliphatic rings. The normalized spacial score (nSPS) is 10.9. The summed E-state index contributed by atoms with van der Waals surface area (Å²) in [5.41, 5.74) is 0. The molecule has 0 radical (unpaired) electrons. The SMILES string of the molecule is CCOC(=S)SCc1sc(CSC(=S)OCC)c2sc(=O)sc12. The summed E-state index contributed by atoms with van der Waals surface area (Å²) in [4.78, 5) is 14.1. The summed E-state index contributed by atoms with van der Waals surface area (Å²) in [6.45, 7) is 4.98. The molecule has 23 heavy (non-hydrogen) atoms. The van der Waals surface area contributed by atoms with Crippen molar-refractivity contribution in [1.82, 2.24) is 0 Å². The second-order valence-corrected chi connectivity index (χ2v) is 10.6. The second-order valence-electron chi connectivity index (χ2n) is 4.00. The lowest BCUT2D eigenvalue weighted by atomic mass is 10.4. The Labute approximate surface area is 165 Å². The van der Waals surface area contributed by atoms with Crippen LogP contribution in [0, 0.1) is 0 Å². The Balaban J connectivity index is 2.13. The molecule has 126 valence electrons. The van der Waals surface area contributed by atoms with E-state index in [2.05, 4.69) is 0 Å². The molecule has 0 saturated heterocycles. The minimum atomic E-state index is 0.125. The van der Waals surface area contributed by atoms with Crippen LogP contribution in [0.2, 0.25) is 0 Å². The van der Waals surface area contributed by atoms with Crippen LogP contribution in [0.15, 0.2) is 4.79 Å². The van der Waals surface area contributed by atoms with Crippen LogP contribution in [0.4, 0.5) is 0 Å². The second kappa shape index (κ2) is 9.69. The van der Waals surface area contributed by atoms with Gasteiger partial charge in [-0.2, -0.15) is 0 Å². The molecule has 0 aliphatic heterocycles. The van der Waals surface area contributed by atoms with E-state index in [9.17, 15) is 4.79 Å². The van der Waals surface area contributed by atoms with Gasteiger partial charge in [0.25, 0.3) is 4.06 Å². The first-order chi connectivity index (χ1) is 11.0. The van der Waals surface area contributed by atoms with Gasteiger partial charge in [-0.05, 0) is 38.3 Å². The van der Waals surface area contributed by atoms with E-state index >= 15 is 0 Å². The van der Waals surface area contributed by atoms with Crippen LogP contribution in [-0.2, 0) is 21.0 Å². The summed E-state index contributed by atoms with van der Waals surface area (Å²) in [7, 11) is 0. The van der Waals surface area contributed by atoms with Gasteiger partial charge in [0.05, 0.1) is 22.6 Å². The first-order valence-electron chi connectivity index (χ1n) is 6.68. The smallest absolute Gasteiger partial charge is 0.288 e. The quantitative estimate of drug-likeness (QED) is 0.547. The van der Waals surface area contributed by atoms with Gasteiger partial charge < -0.3 is 9.47 Å². The number of hydrogen-bond acceptors (Lipinski definition) is 10. The summed E-state index contributed by atoms with van der Waals surface area (Å²) in [6.07, 6.45) is 0. The van der Waals surface area contributed by atoms with Gasteiger partial charge in [0, 0.05) is 21.3 Å². The van der Waals surface area contributed by atoms with Crippen molar-refractivity contribution in [2.75, 3.05) is 13.2 Å². The predicted molar refractivity (Wildman–Crippen MR) is 115 cm³/mol. The molecule has 3 nitrogen and oxygen atoms in total. The molecule has 0 N–H and O–H groups in total. The number of thiocarbonyl (C=S) groups is 2. The van der Waals surface area contributed by atoms with Crippen LogP contribution < -0.4 is 4.06 Å². The van der Waals surface area contributed by atoms with Gasteiger partial charge in [0.2, 0.25) is 8.77 Å². The Morgan fingerprint density at radius 2 is 1.35 bits per heavy atom. The molecule has 0 spiro atoms. The highest BCUT2D eigenvalue weighted by molar-refractivity contribution is 8.22. The van der Waals surface area contributed by atoms with Crippen LogP contribution in [0.3, 0.4) is 0 Å². The molecule has 0 aromatic carbocycles. The molecular formula is C13H14O3S7. The van der Waals surface area contributed by atoms with Crippen LogP contribution in [-0.4, -0.2) is 22.0 Å². The van der Waals surface area contributed by atoms with Crippen molar-refractivity contribution in [3.05, 3.63) is 18.6 Å². The molecule has 0 fully saturated rings. The predicted octanol–water partition coefficient (Wildman–Crippen LogP) is 5.49. The Morgan fingerprint density at radius 1 is 0.913 bits per heavy atom. The fraction of sp³-hybridized carbons (Fsp3) is 0.462. The van der Waals surface area contributed by atoms with E-state index in [0.29, 0.717) is 22.0 Å². The highest BCUT2D eigenvalue weighted by atomic mass is 32.2. The number of fused-ring (bicyclic) bond motifs is 1. The molecule has 0 saturated carbocycles. The van der Waals surface area contributed by atoms with Crippen LogP contribution >= 0.6 is 82.0 Å². The number of ether oxygens (including phenoxy) is 2. The van der Waals surface area contributed by atoms with E-state index in [1.807, 2.05) is 13.8 Å². The maximum absolute atomic E-state index is 11.8. The van der Waals surface area contributed by atoms with Gasteiger partial charge in [0.15, 0.2) is 0 Å². The van der Waals surface area contributed by atoms with Gasteiger partial charge in [-0.3, -0.25) is 4.79 Å². The van der Waals surface area contributed by atoms with Gasteiger partial charge in [-0.1, -0.05) is 46.2 Å². The van der Waals surface area contributed by atoms with Crippen molar-refractivity contribution in [2.24, 2.45) is 0 Å². The Kier molecular flexibility index (Phi) is 8.26. The molecule has 0 unspecified atom stereocenters. The molecule has 10 heteroatoms. The summed E-state index contributed by atoms with van der Waals surface area (Å²) < 4.78 is 14.0. The minimum absolute atomic E-state index is 0.125. The Bertz CT molecular complexity index is 685. The number of rotatable bonds is 6. The molecule has 2 rings (SSSR count). The van der Waals surface area contributed by atoms with Gasteiger partial charge in [0.1, 0.15) is 0 Å². The van der Waals surface area contributed by atoms with Gasteiger partial charge in [-0.15, -0.1) is 11.3 Å². The molecular weight excluding hydrogens is 429 g/mol. The highest BCUT2D eigenvalue weighted by Crippen LogP contribution is 2.40. The van der Waals surface area contributed by atoms with Crippen molar-refractivity contribution in [3.8, 4) is 0 Å². The molecule has 2 aromatic heterocycles. The van der Waals surface area contributed by atoms with E-state index in [1.165, 1.54) is 56.0 Å². The maximum Gasteiger partial charge on any atom is 0.288 e.